The Bertz CT molecular complexity index is 1450. The number of aryl methyl sites for hydroxylation is 3. The lowest BCUT2D eigenvalue weighted by molar-refractivity contribution is 0.203. The number of nitrogens with one attached hydrogen (secondary N) is 2. The molecule has 5 heterocycles. The second-order valence-corrected chi connectivity index (χ2v) is 9.48. The Morgan fingerprint density at radius 2 is 1.94 bits per heavy atom. The smallest absolute Gasteiger partial charge is 0.155 e. The van der Waals surface area contributed by atoms with Gasteiger partial charge in [-0.2, -0.15) is 5.10 Å². The van der Waals surface area contributed by atoms with E-state index in [1.165, 1.54) is 46.1 Å². The third-order valence-electron chi connectivity index (χ3n) is 7.53. The molecule has 7 heteroatoms. The summed E-state index contributed by atoms with van der Waals surface area (Å²) in [5.41, 5.74) is 9.42. The van der Waals surface area contributed by atoms with Gasteiger partial charge in [-0.1, -0.05) is 18.1 Å². The summed E-state index contributed by atoms with van der Waals surface area (Å²) >= 11 is 0. The van der Waals surface area contributed by atoms with E-state index in [1.54, 1.807) is 0 Å². The summed E-state index contributed by atoms with van der Waals surface area (Å²) in [5.74, 6) is 1.54. The Labute approximate surface area is 198 Å². The molecule has 2 N–H and O–H groups in total. The Balaban J connectivity index is 1.27. The van der Waals surface area contributed by atoms with Crippen LogP contribution in [0.4, 0.5) is 0 Å². The SMILES string of the molecule is CCc1c(-c2ccnc3[nH]ncc23)[nH]c2ccc(C3CCN(Cc4c(C)noc4C)CC3)cc12. The number of rotatable bonds is 5. The molecule has 0 aliphatic carbocycles. The standard InChI is InChI=1S/C27H30N6O/c1-4-20-22-13-19(18-8-11-33(12-9-18)15-24-16(2)32-34-17(24)3)5-6-25(22)30-26(20)21-7-10-28-27-23(21)14-29-31-27/h5-7,10,13-14,18,30H,4,8-9,11-12,15H2,1-3H3,(H,28,29,31). The minimum Gasteiger partial charge on any atom is -0.361 e. The van der Waals surface area contributed by atoms with Gasteiger partial charge in [0.25, 0.3) is 0 Å². The van der Waals surface area contributed by atoms with Gasteiger partial charge in [0.1, 0.15) is 5.76 Å². The van der Waals surface area contributed by atoms with Crippen LogP contribution in [-0.4, -0.2) is 43.3 Å². The maximum absolute atomic E-state index is 5.35. The first-order valence-corrected chi connectivity index (χ1v) is 12.2. The van der Waals surface area contributed by atoms with E-state index in [0.717, 1.165) is 54.1 Å². The van der Waals surface area contributed by atoms with Crippen LogP contribution in [0.2, 0.25) is 0 Å². The number of H-pyrrole nitrogens is 2. The van der Waals surface area contributed by atoms with Crippen molar-refractivity contribution < 1.29 is 4.52 Å². The number of benzene rings is 1. The molecular weight excluding hydrogens is 424 g/mol. The summed E-state index contributed by atoms with van der Waals surface area (Å²) in [6, 6.07) is 9.09. The lowest BCUT2D eigenvalue weighted by Crippen LogP contribution is -2.32. The van der Waals surface area contributed by atoms with E-state index in [1.807, 2.05) is 26.2 Å². The summed E-state index contributed by atoms with van der Waals surface area (Å²) in [5, 5.41) is 13.7. The third kappa shape index (κ3) is 3.51. The number of fused-ring (bicyclic) bond motifs is 2. The van der Waals surface area contributed by atoms with E-state index >= 15 is 0 Å². The molecule has 7 nitrogen and oxygen atoms in total. The van der Waals surface area contributed by atoms with Crippen LogP contribution < -0.4 is 0 Å². The number of hydrogen-bond donors (Lipinski definition) is 2. The van der Waals surface area contributed by atoms with E-state index < -0.39 is 0 Å². The quantitative estimate of drug-likeness (QED) is 0.358. The molecule has 0 amide bonds. The van der Waals surface area contributed by atoms with Crippen molar-refractivity contribution in [2.24, 2.45) is 0 Å². The second-order valence-electron chi connectivity index (χ2n) is 9.48. The Morgan fingerprint density at radius 1 is 1.09 bits per heavy atom. The predicted molar refractivity (Wildman–Crippen MR) is 134 cm³/mol. The van der Waals surface area contributed by atoms with Crippen LogP contribution in [0.15, 0.2) is 41.2 Å². The first-order chi connectivity index (χ1) is 16.6. The summed E-state index contributed by atoms with van der Waals surface area (Å²) in [7, 11) is 0. The van der Waals surface area contributed by atoms with Crippen molar-refractivity contribution >= 4 is 21.9 Å². The Kier molecular flexibility index (Phi) is 5.21. The normalized spacial score (nSPS) is 15.6. The van der Waals surface area contributed by atoms with Crippen molar-refractivity contribution in [2.45, 2.75) is 52.5 Å². The summed E-state index contributed by atoms with van der Waals surface area (Å²) in [6.07, 6.45) is 7.03. The highest BCUT2D eigenvalue weighted by molar-refractivity contribution is 5.98. The van der Waals surface area contributed by atoms with E-state index in [0.29, 0.717) is 5.92 Å². The number of nitrogens with zero attached hydrogens (tertiary/aromatic N) is 4. The molecule has 0 spiro atoms. The summed E-state index contributed by atoms with van der Waals surface area (Å²) in [4.78, 5) is 10.6. The van der Waals surface area contributed by atoms with Gasteiger partial charge < -0.3 is 9.51 Å². The second kappa shape index (κ2) is 8.40. The maximum Gasteiger partial charge on any atom is 0.155 e. The number of piperidine rings is 1. The van der Waals surface area contributed by atoms with E-state index in [4.69, 9.17) is 4.52 Å². The van der Waals surface area contributed by atoms with Gasteiger partial charge in [-0.25, -0.2) is 4.98 Å². The fraction of sp³-hybridized carbons (Fsp3) is 0.370. The zero-order valence-electron chi connectivity index (χ0n) is 20.0. The molecule has 5 aromatic rings. The van der Waals surface area contributed by atoms with Gasteiger partial charge in [0.15, 0.2) is 5.65 Å². The molecule has 1 aromatic carbocycles. The minimum atomic E-state index is 0.592. The van der Waals surface area contributed by atoms with Gasteiger partial charge in [0, 0.05) is 40.2 Å². The molecule has 0 bridgehead atoms. The molecule has 1 aliphatic rings. The monoisotopic (exact) mass is 454 g/mol. The fourth-order valence-electron chi connectivity index (χ4n) is 5.56. The van der Waals surface area contributed by atoms with Gasteiger partial charge in [-0.3, -0.25) is 10.00 Å². The number of hydrogen-bond acceptors (Lipinski definition) is 5. The number of aromatic nitrogens is 5. The molecule has 6 rings (SSSR count). The van der Waals surface area contributed by atoms with Crippen molar-refractivity contribution in [1.29, 1.82) is 0 Å². The molecular formula is C27H30N6O. The average molecular weight is 455 g/mol. The van der Waals surface area contributed by atoms with Gasteiger partial charge in [-0.05, 0) is 81.4 Å². The fourth-order valence-corrected chi connectivity index (χ4v) is 5.56. The molecule has 1 fully saturated rings. The minimum absolute atomic E-state index is 0.592. The van der Waals surface area contributed by atoms with Crippen molar-refractivity contribution in [3.63, 3.8) is 0 Å². The molecule has 0 unspecified atom stereocenters. The van der Waals surface area contributed by atoms with Gasteiger partial charge in [-0.15, -0.1) is 0 Å². The molecule has 1 aliphatic heterocycles. The molecule has 0 saturated carbocycles. The average Bonchev–Trinajstić information content (AvgIpc) is 3.57. The molecule has 174 valence electrons. The first-order valence-electron chi connectivity index (χ1n) is 12.2. The summed E-state index contributed by atoms with van der Waals surface area (Å²) in [6.45, 7) is 9.41. The van der Waals surface area contributed by atoms with Crippen molar-refractivity contribution in [3.05, 3.63) is 64.8 Å². The number of likely N-dealkylation sites (tertiary alicyclic amines) is 1. The molecule has 0 atom stereocenters. The maximum atomic E-state index is 5.35. The summed E-state index contributed by atoms with van der Waals surface area (Å²) < 4.78 is 5.35. The van der Waals surface area contributed by atoms with Crippen molar-refractivity contribution in [1.82, 2.24) is 30.2 Å². The van der Waals surface area contributed by atoms with Crippen LogP contribution in [-0.2, 0) is 13.0 Å². The highest BCUT2D eigenvalue weighted by Gasteiger charge is 2.24. The number of pyridine rings is 1. The third-order valence-corrected chi connectivity index (χ3v) is 7.53. The Hall–Kier alpha value is -3.45. The van der Waals surface area contributed by atoms with Crippen LogP contribution in [0.3, 0.4) is 0 Å². The number of aromatic amines is 2. The van der Waals surface area contributed by atoms with Crippen LogP contribution in [0, 0.1) is 13.8 Å². The molecule has 0 radical (unpaired) electrons. The van der Waals surface area contributed by atoms with Crippen LogP contribution in [0.1, 0.15) is 53.8 Å². The highest BCUT2D eigenvalue weighted by Crippen LogP contribution is 2.37. The van der Waals surface area contributed by atoms with E-state index in [2.05, 4.69) is 61.4 Å². The zero-order chi connectivity index (χ0) is 23.2. The zero-order valence-corrected chi connectivity index (χ0v) is 20.0. The van der Waals surface area contributed by atoms with Crippen molar-refractivity contribution in [3.8, 4) is 11.3 Å². The van der Waals surface area contributed by atoms with Gasteiger partial charge >= 0.3 is 0 Å². The lowest BCUT2D eigenvalue weighted by atomic mass is 9.88. The highest BCUT2D eigenvalue weighted by atomic mass is 16.5. The Morgan fingerprint density at radius 3 is 2.71 bits per heavy atom. The van der Waals surface area contributed by atoms with E-state index in [-0.39, 0.29) is 0 Å². The van der Waals surface area contributed by atoms with Gasteiger partial charge in [0.05, 0.1) is 17.6 Å². The molecule has 34 heavy (non-hydrogen) atoms. The largest absolute Gasteiger partial charge is 0.361 e. The predicted octanol–water partition coefficient (Wildman–Crippen LogP) is 5.65. The lowest BCUT2D eigenvalue weighted by Gasteiger charge is -2.32. The van der Waals surface area contributed by atoms with Crippen LogP contribution >= 0.6 is 0 Å². The van der Waals surface area contributed by atoms with Crippen molar-refractivity contribution in [2.75, 3.05) is 13.1 Å². The van der Waals surface area contributed by atoms with Crippen LogP contribution in [0.5, 0.6) is 0 Å². The first kappa shape index (κ1) is 21.1. The van der Waals surface area contributed by atoms with E-state index in [9.17, 15) is 0 Å². The van der Waals surface area contributed by atoms with Crippen LogP contribution in [0.25, 0.3) is 33.2 Å². The topological polar surface area (TPSA) is 86.6 Å². The molecule has 1 saturated heterocycles. The van der Waals surface area contributed by atoms with Gasteiger partial charge in [0.2, 0.25) is 0 Å². The molecule has 4 aromatic heterocycles.